The number of thiazole rings is 2. The van der Waals surface area contributed by atoms with Crippen LogP contribution in [0, 0.1) is 13.8 Å². The molecule has 0 radical (unpaired) electrons. The summed E-state index contributed by atoms with van der Waals surface area (Å²) in [5.41, 5.74) is 2.61. The Hall–Kier alpha value is -1.98. The van der Waals surface area contributed by atoms with E-state index >= 15 is 0 Å². The van der Waals surface area contributed by atoms with E-state index in [0.29, 0.717) is 26.3 Å². The summed E-state index contributed by atoms with van der Waals surface area (Å²) < 4.78 is 32.1. The first-order valence-corrected chi connectivity index (χ1v) is 13.0. The first-order valence-electron chi connectivity index (χ1n) is 9.90. The molecule has 1 aromatic carbocycles. The number of aryl methyl sites for hydroxylation is 2. The molecule has 4 rings (SSSR count). The van der Waals surface area contributed by atoms with E-state index in [-0.39, 0.29) is 23.5 Å². The molecule has 0 unspecified atom stereocenters. The Labute approximate surface area is 189 Å². The van der Waals surface area contributed by atoms with E-state index in [1.54, 1.807) is 35.6 Å². The second-order valence-electron chi connectivity index (χ2n) is 7.33. The molecular formula is C21H23N3O4S3. The van der Waals surface area contributed by atoms with Crippen molar-refractivity contribution in [1.29, 1.82) is 0 Å². The van der Waals surface area contributed by atoms with Crippen LogP contribution in [0.1, 0.15) is 21.3 Å². The van der Waals surface area contributed by atoms with Gasteiger partial charge in [0.05, 0.1) is 45.8 Å². The highest BCUT2D eigenvalue weighted by atomic mass is 32.2. The lowest BCUT2D eigenvalue weighted by Gasteiger charge is -2.26. The van der Waals surface area contributed by atoms with E-state index < -0.39 is 10.0 Å². The molecule has 0 N–H and O–H groups in total. The number of sulfonamides is 1. The lowest BCUT2D eigenvalue weighted by molar-refractivity contribution is -0.117. The van der Waals surface area contributed by atoms with Crippen molar-refractivity contribution in [1.82, 2.24) is 14.3 Å². The maximum atomic E-state index is 12.7. The van der Waals surface area contributed by atoms with Crippen LogP contribution < -0.4 is 0 Å². The van der Waals surface area contributed by atoms with Gasteiger partial charge in [0, 0.05) is 24.9 Å². The Morgan fingerprint density at radius 1 is 1.10 bits per heavy atom. The third-order valence-electron chi connectivity index (χ3n) is 4.97. The number of morpholine rings is 1. The molecule has 0 amide bonds. The van der Waals surface area contributed by atoms with Gasteiger partial charge in [-0.1, -0.05) is 12.1 Å². The van der Waals surface area contributed by atoms with Gasteiger partial charge in [0.15, 0.2) is 0 Å². The molecule has 31 heavy (non-hydrogen) atoms. The Balaban J connectivity index is 1.38. The number of hydrogen-bond acceptors (Lipinski definition) is 8. The molecule has 1 aliphatic rings. The summed E-state index contributed by atoms with van der Waals surface area (Å²) in [7, 11) is -3.53. The number of nitrogens with zero attached hydrogens (tertiary/aromatic N) is 3. The van der Waals surface area contributed by atoms with Crippen LogP contribution >= 0.6 is 22.7 Å². The first kappa shape index (κ1) is 22.2. The molecule has 0 saturated carbocycles. The molecule has 0 bridgehead atoms. The van der Waals surface area contributed by atoms with Crippen molar-refractivity contribution in [3.8, 4) is 10.6 Å². The van der Waals surface area contributed by atoms with Gasteiger partial charge in [-0.25, -0.2) is 18.4 Å². The third kappa shape index (κ3) is 5.09. The monoisotopic (exact) mass is 477 g/mol. The Morgan fingerprint density at radius 2 is 1.81 bits per heavy atom. The van der Waals surface area contributed by atoms with E-state index in [9.17, 15) is 13.2 Å². The molecular weight excluding hydrogens is 454 g/mol. The van der Waals surface area contributed by atoms with Crippen molar-refractivity contribution in [2.45, 2.75) is 31.6 Å². The summed E-state index contributed by atoms with van der Waals surface area (Å²) in [5, 5.41) is 3.74. The maximum Gasteiger partial charge on any atom is 0.243 e. The van der Waals surface area contributed by atoms with Crippen LogP contribution in [0.15, 0.2) is 34.5 Å². The molecule has 0 atom stereocenters. The predicted molar refractivity (Wildman–Crippen MR) is 121 cm³/mol. The number of benzene rings is 1. The molecule has 1 saturated heterocycles. The van der Waals surface area contributed by atoms with E-state index in [1.807, 2.05) is 19.2 Å². The Kier molecular flexibility index (Phi) is 6.63. The fourth-order valence-corrected chi connectivity index (χ4v) is 6.62. The Bertz CT molecular complexity index is 1180. The van der Waals surface area contributed by atoms with Crippen molar-refractivity contribution in [3.63, 3.8) is 0 Å². The van der Waals surface area contributed by atoms with Gasteiger partial charge in [-0.3, -0.25) is 4.79 Å². The highest BCUT2D eigenvalue weighted by Gasteiger charge is 2.26. The first-order chi connectivity index (χ1) is 14.8. The van der Waals surface area contributed by atoms with Crippen LogP contribution in [0.2, 0.25) is 0 Å². The van der Waals surface area contributed by atoms with Gasteiger partial charge in [-0.15, -0.1) is 22.7 Å². The van der Waals surface area contributed by atoms with Crippen LogP contribution in [0.4, 0.5) is 0 Å². The van der Waals surface area contributed by atoms with Gasteiger partial charge in [0.2, 0.25) is 10.0 Å². The predicted octanol–water partition coefficient (Wildman–Crippen LogP) is 3.26. The molecule has 1 fully saturated rings. The van der Waals surface area contributed by atoms with E-state index in [1.165, 1.54) is 15.6 Å². The Morgan fingerprint density at radius 3 is 2.45 bits per heavy atom. The highest BCUT2D eigenvalue weighted by Crippen LogP contribution is 2.30. The van der Waals surface area contributed by atoms with Crippen molar-refractivity contribution in [2.24, 2.45) is 0 Å². The third-order valence-corrected chi connectivity index (χ3v) is 8.83. The van der Waals surface area contributed by atoms with Crippen LogP contribution in [-0.2, 0) is 32.4 Å². The molecule has 164 valence electrons. The molecule has 3 heterocycles. The average Bonchev–Trinajstić information content (AvgIpc) is 3.34. The number of ketones is 1. The lowest BCUT2D eigenvalue weighted by atomic mass is 10.1. The van der Waals surface area contributed by atoms with Crippen LogP contribution in [0.5, 0.6) is 0 Å². The van der Waals surface area contributed by atoms with Crippen LogP contribution in [0.3, 0.4) is 0 Å². The second kappa shape index (κ2) is 9.25. The second-order valence-corrected chi connectivity index (χ2v) is 11.4. The summed E-state index contributed by atoms with van der Waals surface area (Å²) >= 11 is 3.08. The normalized spacial score (nSPS) is 15.3. The van der Waals surface area contributed by atoms with E-state index in [4.69, 9.17) is 4.74 Å². The highest BCUT2D eigenvalue weighted by molar-refractivity contribution is 7.89. The molecule has 10 heteroatoms. The average molecular weight is 478 g/mol. The van der Waals surface area contributed by atoms with Crippen LogP contribution in [-0.4, -0.2) is 54.8 Å². The summed E-state index contributed by atoms with van der Waals surface area (Å²) in [5.74, 6) is 0.0434. The summed E-state index contributed by atoms with van der Waals surface area (Å²) in [6, 6.07) is 6.57. The number of carbonyl (C=O) groups is 1. The minimum Gasteiger partial charge on any atom is -0.379 e. The zero-order valence-corrected chi connectivity index (χ0v) is 19.8. The summed E-state index contributed by atoms with van der Waals surface area (Å²) in [6.07, 6.45) is 0.501. The largest absolute Gasteiger partial charge is 0.379 e. The fourth-order valence-electron chi connectivity index (χ4n) is 3.44. The lowest BCUT2D eigenvalue weighted by Crippen LogP contribution is -2.40. The van der Waals surface area contributed by atoms with E-state index in [2.05, 4.69) is 9.97 Å². The quantitative estimate of drug-likeness (QED) is 0.519. The SMILES string of the molecule is Cc1nc(C)c(-c2csc(CC(=O)Cc3ccc(S(=O)(=O)N4CCOCC4)cc3)n2)s1. The zero-order valence-electron chi connectivity index (χ0n) is 17.3. The molecule has 3 aromatic rings. The zero-order chi connectivity index (χ0) is 22.0. The van der Waals surface area contributed by atoms with Gasteiger partial charge in [-0.05, 0) is 31.5 Å². The molecule has 2 aromatic heterocycles. The number of Topliss-reactive ketones (excluding diaryl/α,β-unsaturated/α-hetero) is 1. The van der Waals surface area contributed by atoms with E-state index in [0.717, 1.165) is 31.8 Å². The number of carbonyl (C=O) groups excluding carboxylic acids is 1. The minimum absolute atomic E-state index is 0.0434. The number of rotatable bonds is 7. The number of hydrogen-bond donors (Lipinski definition) is 0. The van der Waals surface area contributed by atoms with Gasteiger partial charge in [-0.2, -0.15) is 4.31 Å². The summed E-state index contributed by atoms with van der Waals surface area (Å²) in [6.45, 7) is 5.47. The van der Waals surface area contributed by atoms with Gasteiger partial charge in [0.25, 0.3) is 0 Å². The number of aromatic nitrogens is 2. The van der Waals surface area contributed by atoms with Gasteiger partial charge in [0.1, 0.15) is 10.8 Å². The van der Waals surface area contributed by atoms with Gasteiger partial charge >= 0.3 is 0 Å². The number of ether oxygens (including phenoxy) is 1. The van der Waals surface area contributed by atoms with Gasteiger partial charge < -0.3 is 4.74 Å². The smallest absolute Gasteiger partial charge is 0.243 e. The van der Waals surface area contributed by atoms with Crippen LogP contribution in [0.25, 0.3) is 10.6 Å². The molecule has 0 aliphatic carbocycles. The standard InChI is InChI=1S/C21H23N3O4S3/c1-14-21(30-15(2)22-14)19-13-29-20(23-19)12-17(25)11-16-3-5-18(6-4-16)31(26,27)24-7-9-28-10-8-24/h3-6,13H,7-12H2,1-2H3. The summed E-state index contributed by atoms with van der Waals surface area (Å²) in [4.78, 5) is 22.9. The minimum atomic E-state index is -3.53. The molecule has 1 aliphatic heterocycles. The van der Waals surface area contributed by atoms with Crippen molar-refractivity contribution >= 4 is 38.5 Å². The van der Waals surface area contributed by atoms with Crippen molar-refractivity contribution in [2.75, 3.05) is 26.3 Å². The van der Waals surface area contributed by atoms with Crippen molar-refractivity contribution < 1.29 is 17.9 Å². The fraction of sp³-hybridized carbons (Fsp3) is 0.381. The topological polar surface area (TPSA) is 89.5 Å². The van der Waals surface area contributed by atoms with Crippen molar-refractivity contribution in [3.05, 3.63) is 50.9 Å². The molecule has 0 spiro atoms. The maximum absolute atomic E-state index is 12.7. The molecule has 7 nitrogen and oxygen atoms in total.